The van der Waals surface area contributed by atoms with Crippen LogP contribution in [0.1, 0.15) is 45.0 Å². The summed E-state index contributed by atoms with van der Waals surface area (Å²) in [7, 11) is 0. The first kappa shape index (κ1) is 24.1. The van der Waals surface area contributed by atoms with Gasteiger partial charge in [0.2, 0.25) is 5.78 Å². The Kier molecular flexibility index (Phi) is 6.57. The van der Waals surface area contributed by atoms with E-state index in [1.165, 1.54) is 4.73 Å². The average Bonchev–Trinajstić information content (AvgIpc) is 3.66. The van der Waals surface area contributed by atoms with Gasteiger partial charge < -0.3 is 25.5 Å². The molecule has 0 radical (unpaired) electrons. The highest BCUT2D eigenvalue weighted by molar-refractivity contribution is 6.31. The Morgan fingerprint density at radius 1 is 1.08 bits per heavy atom. The van der Waals surface area contributed by atoms with Gasteiger partial charge in [-0.1, -0.05) is 29.8 Å². The summed E-state index contributed by atoms with van der Waals surface area (Å²) in [6.07, 6.45) is 2.74. The summed E-state index contributed by atoms with van der Waals surface area (Å²) in [6, 6.07) is 14.4. The molecule has 1 aromatic heterocycles. The molecule has 4 aromatic rings. The molecule has 4 N–H and O–H groups in total. The van der Waals surface area contributed by atoms with Crippen LogP contribution in [0.3, 0.4) is 0 Å². The van der Waals surface area contributed by atoms with Crippen LogP contribution in [-0.2, 0) is 0 Å². The Bertz CT molecular complexity index is 1480. The summed E-state index contributed by atoms with van der Waals surface area (Å²) < 4.78 is 7.24. The summed E-state index contributed by atoms with van der Waals surface area (Å²) in [5.41, 5.74) is 7.93. The number of hydrogen-bond donors (Lipinski definition) is 3. The molecule has 0 bridgehead atoms. The predicted molar refractivity (Wildman–Crippen MR) is 136 cm³/mol. The lowest BCUT2D eigenvalue weighted by Gasteiger charge is -2.11. The summed E-state index contributed by atoms with van der Waals surface area (Å²) in [4.78, 5) is 31.0. The van der Waals surface area contributed by atoms with Crippen molar-refractivity contribution in [2.45, 2.75) is 24.9 Å². The minimum absolute atomic E-state index is 0.138. The summed E-state index contributed by atoms with van der Waals surface area (Å²) in [6.45, 7) is -0.907. The van der Waals surface area contributed by atoms with Gasteiger partial charge in [-0.15, -0.1) is 0 Å². The Hall–Kier alpha value is -3.59. The molecule has 9 heteroatoms. The maximum absolute atomic E-state index is 13.2. The molecule has 1 heterocycles. The monoisotopic (exact) mass is 508 g/mol. The van der Waals surface area contributed by atoms with Gasteiger partial charge in [-0.2, -0.15) is 4.73 Å². The van der Waals surface area contributed by atoms with E-state index in [0.717, 1.165) is 29.2 Å². The van der Waals surface area contributed by atoms with Crippen molar-refractivity contribution in [3.8, 4) is 5.75 Å². The molecule has 0 spiro atoms. The second kappa shape index (κ2) is 9.81. The van der Waals surface area contributed by atoms with Crippen molar-refractivity contribution < 1.29 is 29.4 Å². The Morgan fingerprint density at radius 3 is 2.61 bits per heavy atom. The van der Waals surface area contributed by atoms with Gasteiger partial charge in [-0.05, 0) is 65.4 Å². The van der Waals surface area contributed by atoms with Crippen molar-refractivity contribution in [1.29, 1.82) is 0 Å². The van der Waals surface area contributed by atoms with Gasteiger partial charge >= 0.3 is 0 Å². The van der Waals surface area contributed by atoms with Crippen molar-refractivity contribution in [1.82, 2.24) is 4.73 Å². The van der Waals surface area contributed by atoms with E-state index in [1.807, 2.05) is 18.2 Å². The van der Waals surface area contributed by atoms with E-state index in [0.29, 0.717) is 27.4 Å². The van der Waals surface area contributed by atoms with E-state index >= 15 is 0 Å². The number of benzene rings is 3. The minimum Gasteiger partial charge on any atom is -0.485 e. The molecule has 0 saturated heterocycles. The number of aliphatic hydroxyl groups excluding tert-OH is 2. The standard InChI is InChI=1S/C27H25ClN2O6/c28-19-5-3-17-10-26(22(27(29)34)8-18(17)7-19)35-14-25(33)23-11-30(36-13-20(32)12-31)24-9-16(15-1-2-15)4-6-21(23)24/h3-11,15,20,31-32H,1-2,12-14H2,(H2,29,34)/t20-/m1/s1. The number of fused-ring (bicyclic) bond motifs is 2. The number of hydrogen-bond acceptors (Lipinski definition) is 6. The van der Waals surface area contributed by atoms with E-state index in [1.54, 1.807) is 36.5 Å². The van der Waals surface area contributed by atoms with Gasteiger partial charge in [-0.25, -0.2) is 0 Å². The van der Waals surface area contributed by atoms with Crippen LogP contribution in [-0.4, -0.2) is 52.6 Å². The SMILES string of the molecule is NC(=O)c1cc2cc(Cl)ccc2cc1OCC(=O)c1cn(OC[C@H](O)CO)c2cc(C3CC3)ccc12. The number of ketones is 1. The number of ether oxygens (including phenoxy) is 1. The minimum atomic E-state index is -1.05. The Balaban J connectivity index is 1.44. The molecule has 1 amide bonds. The largest absolute Gasteiger partial charge is 0.485 e. The Labute approximate surface area is 211 Å². The van der Waals surface area contributed by atoms with E-state index in [2.05, 4.69) is 0 Å². The van der Waals surface area contributed by atoms with E-state index < -0.39 is 18.6 Å². The number of nitrogens with two attached hydrogens (primary N) is 1. The fourth-order valence-electron chi connectivity index (χ4n) is 4.21. The second-order valence-corrected chi connectivity index (χ2v) is 9.40. The number of halogens is 1. The number of carbonyl (C=O) groups excluding carboxylic acids is 2. The van der Waals surface area contributed by atoms with Gasteiger partial charge in [0.05, 0.1) is 29.4 Å². The second-order valence-electron chi connectivity index (χ2n) is 8.97. The molecular weight excluding hydrogens is 484 g/mol. The smallest absolute Gasteiger partial charge is 0.252 e. The number of rotatable bonds is 10. The third-order valence-electron chi connectivity index (χ3n) is 6.29. The van der Waals surface area contributed by atoms with Crippen LogP contribution in [0.15, 0.2) is 54.7 Å². The van der Waals surface area contributed by atoms with E-state index in [-0.39, 0.29) is 30.3 Å². The fraction of sp³-hybridized carbons (Fsp3) is 0.259. The molecule has 0 unspecified atom stereocenters. The van der Waals surface area contributed by atoms with Crippen LogP contribution in [0.4, 0.5) is 0 Å². The number of primary amides is 1. The van der Waals surface area contributed by atoms with E-state index in [9.17, 15) is 14.7 Å². The van der Waals surface area contributed by atoms with E-state index in [4.69, 9.17) is 32.0 Å². The number of Topliss-reactive ketones (excluding diaryl/α,β-unsaturated/α-hetero) is 1. The van der Waals surface area contributed by atoms with Crippen LogP contribution >= 0.6 is 11.6 Å². The zero-order chi connectivity index (χ0) is 25.4. The molecule has 1 aliphatic rings. The third-order valence-corrected chi connectivity index (χ3v) is 6.52. The van der Waals surface area contributed by atoms with Crippen LogP contribution in [0.2, 0.25) is 5.02 Å². The molecule has 3 aromatic carbocycles. The quantitative estimate of drug-likeness (QED) is 0.282. The lowest BCUT2D eigenvalue weighted by atomic mass is 10.0. The number of aromatic nitrogens is 1. The molecular formula is C27H25ClN2O6. The highest BCUT2D eigenvalue weighted by Gasteiger charge is 2.25. The van der Waals surface area contributed by atoms with Gasteiger partial charge in [0, 0.05) is 10.4 Å². The van der Waals surface area contributed by atoms with Crippen LogP contribution < -0.4 is 15.3 Å². The molecule has 1 aliphatic carbocycles. The molecule has 8 nitrogen and oxygen atoms in total. The van der Waals surface area contributed by atoms with Gasteiger partial charge in [-0.3, -0.25) is 9.59 Å². The number of nitrogens with zero attached hydrogens (tertiary/aromatic N) is 1. The fourth-order valence-corrected chi connectivity index (χ4v) is 4.39. The molecule has 5 rings (SSSR count). The van der Waals surface area contributed by atoms with Crippen LogP contribution in [0, 0.1) is 0 Å². The normalized spacial score (nSPS) is 14.2. The topological polar surface area (TPSA) is 124 Å². The number of carbonyl (C=O) groups is 2. The summed E-state index contributed by atoms with van der Waals surface area (Å²) in [5.74, 6) is -0.304. The highest BCUT2D eigenvalue weighted by atomic mass is 35.5. The highest BCUT2D eigenvalue weighted by Crippen LogP contribution is 2.41. The van der Waals surface area contributed by atoms with Crippen molar-refractivity contribution >= 4 is 45.0 Å². The summed E-state index contributed by atoms with van der Waals surface area (Å²) in [5, 5.41) is 21.5. The maximum Gasteiger partial charge on any atom is 0.252 e. The van der Waals surface area contributed by atoms with Gasteiger partial charge in [0.15, 0.2) is 6.61 Å². The Morgan fingerprint density at radius 2 is 1.89 bits per heavy atom. The molecule has 1 fully saturated rings. The zero-order valence-electron chi connectivity index (χ0n) is 19.3. The van der Waals surface area contributed by atoms with Crippen molar-refractivity contribution in [3.05, 3.63) is 76.4 Å². The van der Waals surface area contributed by atoms with Crippen molar-refractivity contribution in [3.63, 3.8) is 0 Å². The first-order chi connectivity index (χ1) is 17.3. The summed E-state index contributed by atoms with van der Waals surface area (Å²) >= 11 is 6.06. The third kappa shape index (κ3) is 4.88. The van der Waals surface area contributed by atoms with Crippen molar-refractivity contribution in [2.75, 3.05) is 19.8 Å². The molecule has 36 heavy (non-hydrogen) atoms. The molecule has 1 saturated carbocycles. The first-order valence-corrected chi connectivity index (χ1v) is 12.0. The maximum atomic E-state index is 13.2. The molecule has 186 valence electrons. The van der Waals surface area contributed by atoms with Crippen molar-refractivity contribution in [2.24, 2.45) is 5.73 Å². The predicted octanol–water partition coefficient (Wildman–Crippen LogP) is 3.47. The molecule has 0 aliphatic heterocycles. The van der Waals surface area contributed by atoms with Gasteiger partial charge in [0.25, 0.3) is 5.91 Å². The zero-order valence-corrected chi connectivity index (χ0v) is 20.1. The number of aliphatic hydroxyl groups is 2. The van der Waals surface area contributed by atoms with Gasteiger partial charge in [0.1, 0.15) is 18.5 Å². The van der Waals surface area contributed by atoms with Crippen LogP contribution in [0.25, 0.3) is 21.7 Å². The number of amides is 1. The van der Waals surface area contributed by atoms with Crippen LogP contribution in [0.5, 0.6) is 5.75 Å². The average molecular weight is 509 g/mol. The lowest BCUT2D eigenvalue weighted by Crippen LogP contribution is -2.26. The molecule has 1 atom stereocenters. The lowest BCUT2D eigenvalue weighted by molar-refractivity contribution is 0.00320. The first-order valence-electron chi connectivity index (χ1n) is 11.6.